The molecule has 0 saturated carbocycles. The minimum absolute atomic E-state index is 0.634. The Labute approximate surface area is 109 Å². The maximum atomic E-state index is 6.01. The van der Waals surface area contributed by atoms with Gasteiger partial charge in [-0.25, -0.2) is 9.97 Å². The third-order valence-electron chi connectivity index (χ3n) is 3.00. The number of nitrogen functional groups attached to an aromatic ring is 1. The summed E-state index contributed by atoms with van der Waals surface area (Å²) < 4.78 is 0. The number of nitrogens with two attached hydrogens (primary N) is 1. The van der Waals surface area contributed by atoms with E-state index < -0.39 is 0 Å². The first-order valence-corrected chi connectivity index (χ1v) is 6.89. The van der Waals surface area contributed by atoms with Crippen LogP contribution in [0.2, 0.25) is 5.02 Å². The number of fused-ring (bicyclic) bond motifs is 1. The first kappa shape index (κ1) is 11.0. The summed E-state index contributed by atoms with van der Waals surface area (Å²) in [5.74, 6) is 1.34. The van der Waals surface area contributed by atoms with Gasteiger partial charge in [-0.1, -0.05) is 11.6 Å². The van der Waals surface area contributed by atoms with Crippen LogP contribution in [0.4, 0.5) is 5.82 Å². The van der Waals surface area contributed by atoms with Crippen molar-refractivity contribution in [2.75, 3.05) is 5.73 Å². The molecule has 0 atom stereocenters. The average Bonchev–Trinajstić information content (AvgIpc) is 2.76. The molecule has 0 aliphatic heterocycles. The van der Waals surface area contributed by atoms with Gasteiger partial charge in [0.1, 0.15) is 5.82 Å². The molecule has 3 rings (SSSR count). The van der Waals surface area contributed by atoms with Gasteiger partial charge in [0.2, 0.25) is 0 Å². The van der Waals surface area contributed by atoms with Crippen molar-refractivity contribution in [2.45, 2.75) is 25.7 Å². The van der Waals surface area contributed by atoms with Gasteiger partial charge >= 0.3 is 0 Å². The van der Waals surface area contributed by atoms with Gasteiger partial charge in [0.15, 0.2) is 5.82 Å². The number of nitrogens with zero attached hydrogens (tertiary/aromatic N) is 2. The van der Waals surface area contributed by atoms with E-state index in [1.165, 1.54) is 12.8 Å². The van der Waals surface area contributed by atoms with Gasteiger partial charge in [0.25, 0.3) is 0 Å². The smallest absolute Gasteiger partial charge is 0.171 e. The van der Waals surface area contributed by atoms with Gasteiger partial charge in [0, 0.05) is 16.6 Å². The summed E-state index contributed by atoms with van der Waals surface area (Å²) in [4.78, 5) is 9.99. The van der Waals surface area contributed by atoms with E-state index in [1.807, 2.05) is 11.4 Å². The van der Waals surface area contributed by atoms with Gasteiger partial charge < -0.3 is 5.73 Å². The van der Waals surface area contributed by atoms with E-state index in [2.05, 4.69) is 9.97 Å². The van der Waals surface area contributed by atoms with Crippen molar-refractivity contribution in [2.24, 2.45) is 0 Å². The van der Waals surface area contributed by atoms with Crippen molar-refractivity contribution in [3.8, 4) is 10.7 Å². The first-order chi connectivity index (χ1) is 8.24. The molecule has 1 aliphatic carbocycles. The molecule has 0 amide bonds. The Morgan fingerprint density at radius 1 is 1.24 bits per heavy atom. The fourth-order valence-electron chi connectivity index (χ4n) is 2.16. The summed E-state index contributed by atoms with van der Waals surface area (Å²) in [5.41, 5.74) is 8.26. The molecule has 0 saturated heterocycles. The topological polar surface area (TPSA) is 51.8 Å². The minimum atomic E-state index is 0.634. The van der Waals surface area contributed by atoms with E-state index in [9.17, 15) is 0 Å². The second-order valence-electron chi connectivity index (χ2n) is 4.19. The van der Waals surface area contributed by atoms with E-state index in [1.54, 1.807) is 11.3 Å². The van der Waals surface area contributed by atoms with E-state index >= 15 is 0 Å². The second-order valence-corrected chi connectivity index (χ2v) is 5.54. The Morgan fingerprint density at radius 2 is 2.06 bits per heavy atom. The van der Waals surface area contributed by atoms with Crippen molar-refractivity contribution in [1.29, 1.82) is 0 Å². The third kappa shape index (κ3) is 2.03. The highest BCUT2D eigenvalue weighted by Gasteiger charge is 2.17. The summed E-state index contributed by atoms with van der Waals surface area (Å²) in [5, 5.41) is 2.61. The van der Waals surface area contributed by atoms with Crippen LogP contribution in [0.25, 0.3) is 10.7 Å². The molecule has 2 aromatic rings. The van der Waals surface area contributed by atoms with Crippen molar-refractivity contribution < 1.29 is 0 Å². The number of hydrogen-bond donors (Lipinski definition) is 1. The van der Waals surface area contributed by atoms with Crippen LogP contribution in [0.15, 0.2) is 11.4 Å². The largest absolute Gasteiger partial charge is 0.383 e. The van der Waals surface area contributed by atoms with Crippen LogP contribution in [-0.4, -0.2) is 9.97 Å². The van der Waals surface area contributed by atoms with Crippen LogP contribution < -0.4 is 5.73 Å². The molecular weight excluding hydrogens is 254 g/mol. The molecule has 3 nitrogen and oxygen atoms in total. The minimum Gasteiger partial charge on any atom is -0.383 e. The maximum Gasteiger partial charge on any atom is 0.171 e. The lowest BCUT2D eigenvalue weighted by molar-refractivity contribution is 0.666. The molecule has 0 bridgehead atoms. The summed E-state index contributed by atoms with van der Waals surface area (Å²) in [6.07, 6.45) is 4.39. The quantitative estimate of drug-likeness (QED) is 0.861. The molecule has 0 fully saturated rings. The zero-order valence-corrected chi connectivity index (χ0v) is 10.8. The molecule has 0 spiro atoms. The zero-order valence-electron chi connectivity index (χ0n) is 9.24. The molecule has 0 aromatic carbocycles. The van der Waals surface area contributed by atoms with Crippen LogP contribution in [0.1, 0.15) is 24.1 Å². The number of hydrogen-bond acceptors (Lipinski definition) is 4. The molecular formula is C12H12ClN3S. The molecule has 2 aromatic heterocycles. The van der Waals surface area contributed by atoms with Crippen LogP contribution in [0, 0.1) is 0 Å². The van der Waals surface area contributed by atoms with Gasteiger partial charge in [-0.2, -0.15) is 0 Å². The highest BCUT2D eigenvalue weighted by molar-refractivity contribution is 7.14. The van der Waals surface area contributed by atoms with Crippen LogP contribution in [-0.2, 0) is 12.8 Å². The second kappa shape index (κ2) is 4.27. The average molecular weight is 266 g/mol. The number of anilines is 1. The normalized spacial score (nSPS) is 14.6. The molecule has 5 heteroatoms. The zero-order chi connectivity index (χ0) is 11.8. The predicted octanol–water partition coefficient (Wildman–Crippen LogP) is 3.32. The molecule has 17 heavy (non-hydrogen) atoms. The fourth-order valence-corrected chi connectivity index (χ4v) is 3.17. The Kier molecular flexibility index (Phi) is 2.76. The fraction of sp³-hybridized carbons (Fsp3) is 0.333. The number of thiophene rings is 1. The van der Waals surface area contributed by atoms with Crippen molar-refractivity contribution in [3.63, 3.8) is 0 Å². The Morgan fingerprint density at radius 3 is 2.82 bits per heavy atom. The lowest BCUT2D eigenvalue weighted by atomic mass is 9.96. The number of halogens is 1. The van der Waals surface area contributed by atoms with E-state index in [0.29, 0.717) is 11.6 Å². The Balaban J connectivity index is 2.10. The molecule has 0 radical (unpaired) electrons. The molecule has 1 aliphatic rings. The lowest BCUT2D eigenvalue weighted by Gasteiger charge is -2.16. The third-order valence-corrected chi connectivity index (χ3v) is 4.28. The maximum absolute atomic E-state index is 6.01. The monoisotopic (exact) mass is 265 g/mol. The van der Waals surface area contributed by atoms with E-state index in [0.717, 1.165) is 34.0 Å². The summed E-state index contributed by atoms with van der Waals surface area (Å²) in [6, 6.07) is 1.89. The number of rotatable bonds is 1. The van der Waals surface area contributed by atoms with Crippen LogP contribution in [0.3, 0.4) is 0 Å². The highest BCUT2D eigenvalue weighted by Crippen LogP contribution is 2.31. The van der Waals surface area contributed by atoms with Crippen molar-refractivity contribution >= 4 is 28.8 Å². The molecule has 88 valence electrons. The van der Waals surface area contributed by atoms with Gasteiger partial charge in [-0.05, 0) is 31.7 Å². The van der Waals surface area contributed by atoms with Crippen LogP contribution >= 0.6 is 22.9 Å². The molecule has 2 heterocycles. The van der Waals surface area contributed by atoms with Crippen molar-refractivity contribution in [3.05, 3.63) is 27.7 Å². The molecule has 2 N–H and O–H groups in total. The lowest BCUT2D eigenvalue weighted by Crippen LogP contribution is -2.11. The Bertz CT molecular complexity index is 565. The summed E-state index contributed by atoms with van der Waals surface area (Å²) >= 11 is 7.47. The predicted molar refractivity (Wildman–Crippen MR) is 71.4 cm³/mol. The van der Waals surface area contributed by atoms with Gasteiger partial charge in [-0.3, -0.25) is 0 Å². The van der Waals surface area contributed by atoms with Crippen molar-refractivity contribution in [1.82, 2.24) is 9.97 Å². The number of aryl methyl sites for hydroxylation is 1. The highest BCUT2D eigenvalue weighted by atomic mass is 35.5. The summed E-state index contributed by atoms with van der Waals surface area (Å²) in [7, 11) is 0. The van der Waals surface area contributed by atoms with E-state index in [-0.39, 0.29) is 0 Å². The summed E-state index contributed by atoms with van der Waals surface area (Å²) in [6.45, 7) is 0. The van der Waals surface area contributed by atoms with Gasteiger partial charge in [-0.15, -0.1) is 11.3 Å². The van der Waals surface area contributed by atoms with Crippen LogP contribution in [0.5, 0.6) is 0 Å². The first-order valence-electron chi connectivity index (χ1n) is 5.64. The Hall–Kier alpha value is -1.13. The number of aromatic nitrogens is 2. The van der Waals surface area contributed by atoms with E-state index in [4.69, 9.17) is 17.3 Å². The molecule has 0 unspecified atom stereocenters. The SMILES string of the molecule is Nc1nc(-c2cc(Cl)cs2)nc2c1CCCC2. The standard InChI is InChI=1S/C12H12ClN3S/c13-7-5-10(17-6-7)12-15-9-4-2-1-3-8(9)11(14)16-12/h5-6H,1-4H2,(H2,14,15,16). The van der Waals surface area contributed by atoms with Gasteiger partial charge in [0.05, 0.1) is 9.90 Å².